The van der Waals surface area contributed by atoms with Crippen molar-refractivity contribution in [2.45, 2.75) is 6.43 Å². The average molecular weight is 337 g/mol. The highest BCUT2D eigenvalue weighted by molar-refractivity contribution is 14.1. The Bertz CT molecular complexity index is 469. The Balaban J connectivity index is 3.42. The molecule has 0 aliphatic heterocycles. The molecule has 0 aliphatic rings. The summed E-state index contributed by atoms with van der Waals surface area (Å²) >= 11 is 1.62. The van der Waals surface area contributed by atoms with Crippen LogP contribution in [0.2, 0.25) is 0 Å². The number of esters is 1. The molecule has 0 unspecified atom stereocenters. The van der Waals surface area contributed by atoms with Crippen LogP contribution in [0.5, 0.6) is 0 Å². The molecule has 0 aliphatic carbocycles. The average Bonchev–Trinajstić information content (AvgIpc) is 2.26. The minimum atomic E-state index is -2.68. The smallest absolute Gasteiger partial charge is 0.339 e. The Kier molecular flexibility index (Phi) is 4.18. The summed E-state index contributed by atoms with van der Waals surface area (Å²) in [7, 11) is 1.16. The number of hydrogen-bond donors (Lipinski definition) is 0. The molecular weight excluding hydrogens is 331 g/mol. The molecule has 0 aromatic heterocycles. The number of carbonyl (C=O) groups excluding carboxylic acids is 1. The van der Waals surface area contributed by atoms with Crippen molar-refractivity contribution in [3.05, 3.63) is 32.4 Å². The molecule has 0 spiro atoms. The van der Waals surface area contributed by atoms with Gasteiger partial charge in [0.15, 0.2) is 0 Å². The van der Waals surface area contributed by atoms with Crippen molar-refractivity contribution in [2.24, 2.45) is 0 Å². The molecule has 3 nitrogen and oxygen atoms in total. The fourth-order valence-electron chi connectivity index (χ4n) is 1.15. The zero-order valence-corrected chi connectivity index (χ0v) is 10.3. The molecule has 0 fully saturated rings. The van der Waals surface area contributed by atoms with Gasteiger partial charge in [-0.15, -0.1) is 0 Å². The summed E-state index contributed by atoms with van der Waals surface area (Å²) in [5.41, 5.74) is -0.339. The van der Waals surface area contributed by atoms with E-state index < -0.39 is 12.4 Å². The first-order chi connectivity index (χ1) is 7.52. The predicted molar refractivity (Wildman–Crippen MR) is 60.2 cm³/mol. The minimum Gasteiger partial charge on any atom is -0.465 e. The third-order valence-electron chi connectivity index (χ3n) is 1.92. The highest BCUT2D eigenvalue weighted by Gasteiger charge is 2.20. The van der Waals surface area contributed by atoms with Crippen LogP contribution in [0.15, 0.2) is 12.1 Å². The summed E-state index contributed by atoms with van der Waals surface area (Å²) in [4.78, 5) is 11.3. The van der Waals surface area contributed by atoms with E-state index in [2.05, 4.69) is 4.74 Å². The van der Waals surface area contributed by atoms with Gasteiger partial charge in [-0.25, -0.2) is 13.6 Å². The monoisotopic (exact) mass is 337 g/mol. The molecule has 0 bridgehead atoms. The lowest BCUT2D eigenvalue weighted by Gasteiger charge is -2.08. The van der Waals surface area contributed by atoms with E-state index in [-0.39, 0.29) is 20.3 Å². The van der Waals surface area contributed by atoms with Crippen LogP contribution in [0, 0.1) is 14.9 Å². The molecule has 0 saturated heterocycles. The van der Waals surface area contributed by atoms with Gasteiger partial charge in [0.05, 0.1) is 18.2 Å². The van der Waals surface area contributed by atoms with Gasteiger partial charge < -0.3 is 4.74 Å². The maximum absolute atomic E-state index is 12.5. The highest BCUT2D eigenvalue weighted by Crippen LogP contribution is 2.28. The Morgan fingerprint density at radius 3 is 2.62 bits per heavy atom. The lowest BCUT2D eigenvalue weighted by Crippen LogP contribution is -2.07. The molecule has 0 amide bonds. The second-order valence-electron chi connectivity index (χ2n) is 2.80. The first-order valence-corrected chi connectivity index (χ1v) is 5.19. The molecule has 1 rings (SSSR count). The second kappa shape index (κ2) is 5.21. The summed E-state index contributed by atoms with van der Waals surface area (Å²) in [5.74, 6) is -0.713. The maximum Gasteiger partial charge on any atom is 0.339 e. The van der Waals surface area contributed by atoms with Crippen molar-refractivity contribution >= 4 is 28.6 Å². The molecule has 84 valence electrons. The number of alkyl halides is 2. The number of rotatable bonds is 2. The number of benzene rings is 1. The topological polar surface area (TPSA) is 50.1 Å². The van der Waals surface area contributed by atoms with Gasteiger partial charge in [-0.2, -0.15) is 5.26 Å². The van der Waals surface area contributed by atoms with Crippen molar-refractivity contribution in [1.29, 1.82) is 5.26 Å². The third kappa shape index (κ3) is 2.29. The molecule has 16 heavy (non-hydrogen) atoms. The number of nitrogens with zero attached hydrogens (tertiary/aromatic N) is 1. The molecule has 0 radical (unpaired) electrons. The first-order valence-electron chi connectivity index (χ1n) is 4.11. The van der Waals surface area contributed by atoms with Gasteiger partial charge in [0.2, 0.25) is 0 Å². The van der Waals surface area contributed by atoms with Gasteiger partial charge >= 0.3 is 5.97 Å². The Morgan fingerprint density at radius 1 is 1.56 bits per heavy atom. The van der Waals surface area contributed by atoms with Crippen molar-refractivity contribution in [2.75, 3.05) is 7.11 Å². The predicted octanol–water partition coefficient (Wildman–Crippen LogP) is 2.89. The van der Waals surface area contributed by atoms with Gasteiger partial charge in [-0.3, -0.25) is 0 Å². The lowest BCUT2D eigenvalue weighted by atomic mass is 10.1. The highest BCUT2D eigenvalue weighted by atomic mass is 127. The number of carbonyl (C=O) groups is 1. The standard InChI is InChI=1S/C10H6F2INO2/c1-16-10(15)5-2-3-6(9(11)12)8(13)7(5)4-14/h2-3,9H,1H3. The molecule has 0 saturated carbocycles. The number of halogens is 3. The summed E-state index contributed by atoms with van der Waals surface area (Å²) in [6.07, 6.45) is -2.68. The van der Waals surface area contributed by atoms with E-state index in [1.165, 1.54) is 6.07 Å². The maximum atomic E-state index is 12.5. The van der Waals surface area contributed by atoms with E-state index >= 15 is 0 Å². The Hall–Kier alpha value is -1.23. The summed E-state index contributed by atoms with van der Waals surface area (Å²) in [6.45, 7) is 0. The number of ether oxygens (including phenoxy) is 1. The largest absolute Gasteiger partial charge is 0.465 e. The van der Waals surface area contributed by atoms with Crippen LogP contribution in [-0.2, 0) is 4.74 Å². The van der Waals surface area contributed by atoms with E-state index in [0.29, 0.717) is 0 Å². The number of nitriles is 1. The van der Waals surface area contributed by atoms with E-state index in [4.69, 9.17) is 5.26 Å². The van der Waals surface area contributed by atoms with Crippen LogP contribution < -0.4 is 0 Å². The SMILES string of the molecule is COC(=O)c1ccc(C(F)F)c(I)c1C#N. The number of methoxy groups -OCH3 is 1. The quantitative estimate of drug-likeness (QED) is 0.616. The lowest BCUT2D eigenvalue weighted by molar-refractivity contribution is 0.0600. The van der Waals surface area contributed by atoms with Crippen LogP contribution in [0.3, 0.4) is 0 Å². The van der Waals surface area contributed by atoms with E-state index in [0.717, 1.165) is 13.2 Å². The summed E-state index contributed by atoms with van der Waals surface area (Å²) in [5, 5.41) is 8.84. The van der Waals surface area contributed by atoms with Crippen LogP contribution >= 0.6 is 22.6 Å². The number of hydrogen-bond acceptors (Lipinski definition) is 3. The molecule has 0 heterocycles. The van der Waals surface area contributed by atoms with Crippen molar-refractivity contribution in [3.63, 3.8) is 0 Å². The summed E-state index contributed by atoms with van der Waals surface area (Å²) in [6, 6.07) is 4.03. The van der Waals surface area contributed by atoms with Crippen molar-refractivity contribution in [1.82, 2.24) is 0 Å². The Labute approximate surface area is 104 Å². The fraction of sp³-hybridized carbons (Fsp3) is 0.200. The van der Waals surface area contributed by atoms with Gasteiger partial charge in [0.1, 0.15) is 6.07 Å². The minimum absolute atomic E-state index is 0.00111. The Morgan fingerprint density at radius 2 is 2.19 bits per heavy atom. The van der Waals surface area contributed by atoms with Crippen LogP contribution in [0.1, 0.15) is 27.9 Å². The summed E-state index contributed by atoms with van der Waals surface area (Å²) < 4.78 is 29.6. The van der Waals surface area contributed by atoms with E-state index in [9.17, 15) is 13.6 Å². The van der Waals surface area contributed by atoms with Gasteiger partial charge in [-0.05, 0) is 28.7 Å². The van der Waals surface area contributed by atoms with Crippen LogP contribution in [0.25, 0.3) is 0 Å². The van der Waals surface area contributed by atoms with E-state index in [1.807, 2.05) is 0 Å². The second-order valence-corrected chi connectivity index (χ2v) is 3.87. The molecule has 1 aromatic carbocycles. The molecule has 6 heteroatoms. The van der Waals surface area contributed by atoms with Crippen LogP contribution in [0.4, 0.5) is 8.78 Å². The van der Waals surface area contributed by atoms with Crippen LogP contribution in [-0.4, -0.2) is 13.1 Å². The van der Waals surface area contributed by atoms with Gasteiger partial charge in [0.25, 0.3) is 6.43 Å². The first kappa shape index (κ1) is 12.8. The van der Waals surface area contributed by atoms with Gasteiger partial charge in [-0.1, -0.05) is 6.07 Å². The van der Waals surface area contributed by atoms with Gasteiger partial charge in [0, 0.05) is 9.13 Å². The zero-order valence-electron chi connectivity index (χ0n) is 8.13. The molecular formula is C10H6F2INO2. The molecule has 0 atom stereocenters. The fourth-order valence-corrected chi connectivity index (χ4v) is 1.98. The van der Waals surface area contributed by atoms with Crippen molar-refractivity contribution in [3.8, 4) is 6.07 Å². The van der Waals surface area contributed by atoms with E-state index in [1.54, 1.807) is 28.7 Å². The zero-order chi connectivity index (χ0) is 12.3. The molecule has 1 aromatic rings. The van der Waals surface area contributed by atoms with Crippen molar-refractivity contribution < 1.29 is 18.3 Å². The third-order valence-corrected chi connectivity index (χ3v) is 3.09. The molecule has 0 N–H and O–H groups in total. The normalized spacial score (nSPS) is 10.0.